The number of hydrogen-bond donors (Lipinski definition) is 1. The molecule has 3 rings (SSSR count). The molecule has 1 saturated heterocycles. The van der Waals surface area contributed by atoms with E-state index in [0.29, 0.717) is 18.3 Å². The number of carbonyl (C=O) groups is 1. The molecule has 1 aliphatic heterocycles. The molecule has 6 nitrogen and oxygen atoms in total. The molecule has 2 atom stereocenters. The topological polar surface area (TPSA) is 85.3 Å². The van der Waals surface area contributed by atoms with Crippen molar-refractivity contribution in [2.75, 3.05) is 13.1 Å². The zero-order valence-corrected chi connectivity index (χ0v) is 12.8. The quantitative estimate of drug-likeness (QED) is 0.932. The van der Waals surface area contributed by atoms with Crippen LogP contribution < -0.4 is 5.73 Å². The molecule has 2 aromatic rings. The maximum absolute atomic E-state index is 11.3. The van der Waals surface area contributed by atoms with Gasteiger partial charge in [-0.1, -0.05) is 17.7 Å². The molecule has 0 unspecified atom stereocenters. The van der Waals surface area contributed by atoms with Gasteiger partial charge in [-0.05, 0) is 38.9 Å². The minimum Gasteiger partial charge on any atom is -0.419 e. The number of benzene rings is 1. The first kappa shape index (κ1) is 14.7. The van der Waals surface area contributed by atoms with Crippen molar-refractivity contribution >= 4 is 5.91 Å². The highest BCUT2D eigenvalue weighted by Crippen LogP contribution is 2.28. The van der Waals surface area contributed by atoms with Gasteiger partial charge in [-0.25, -0.2) is 0 Å². The molecule has 2 N–H and O–H groups in total. The van der Waals surface area contributed by atoms with Crippen molar-refractivity contribution in [3.8, 4) is 11.5 Å². The number of aromatic nitrogens is 2. The summed E-state index contributed by atoms with van der Waals surface area (Å²) < 4.78 is 5.80. The van der Waals surface area contributed by atoms with Gasteiger partial charge < -0.3 is 10.2 Å². The third kappa shape index (κ3) is 2.87. The summed E-state index contributed by atoms with van der Waals surface area (Å²) >= 11 is 0. The standard InChI is InChI=1S/C16H20N4O2/c1-10-3-5-12(6-4-10)16-19-18-15(22-16)11(2)20-8-7-13(9-20)14(17)21/h3-6,11,13H,7-9H2,1-2H3,(H2,17,21)/t11-,13+/m1/s1. The van der Waals surface area contributed by atoms with Gasteiger partial charge in [-0.15, -0.1) is 10.2 Å². The number of rotatable bonds is 4. The highest BCUT2D eigenvalue weighted by molar-refractivity contribution is 5.77. The van der Waals surface area contributed by atoms with E-state index in [0.717, 1.165) is 18.5 Å². The van der Waals surface area contributed by atoms with Crippen LogP contribution in [0, 0.1) is 12.8 Å². The van der Waals surface area contributed by atoms with Crippen molar-refractivity contribution in [3.05, 3.63) is 35.7 Å². The van der Waals surface area contributed by atoms with Crippen molar-refractivity contribution in [2.24, 2.45) is 11.7 Å². The molecule has 116 valence electrons. The van der Waals surface area contributed by atoms with Crippen molar-refractivity contribution in [2.45, 2.75) is 26.3 Å². The molecule has 1 amide bonds. The van der Waals surface area contributed by atoms with Crippen LogP contribution >= 0.6 is 0 Å². The zero-order chi connectivity index (χ0) is 15.7. The fraction of sp³-hybridized carbons (Fsp3) is 0.438. The van der Waals surface area contributed by atoms with E-state index in [-0.39, 0.29) is 17.9 Å². The largest absolute Gasteiger partial charge is 0.419 e. The Hall–Kier alpha value is -2.21. The number of amides is 1. The fourth-order valence-corrected chi connectivity index (χ4v) is 2.74. The van der Waals surface area contributed by atoms with Crippen LogP contribution in [0.5, 0.6) is 0 Å². The summed E-state index contributed by atoms with van der Waals surface area (Å²) in [6.07, 6.45) is 0.790. The second-order valence-electron chi connectivity index (χ2n) is 5.87. The van der Waals surface area contributed by atoms with Crippen LogP contribution in [0.4, 0.5) is 0 Å². The molecule has 0 saturated carbocycles. The molecule has 1 aromatic carbocycles. The van der Waals surface area contributed by atoms with Crippen LogP contribution in [-0.4, -0.2) is 34.1 Å². The molecule has 0 spiro atoms. The molecule has 1 aromatic heterocycles. The normalized spacial score (nSPS) is 20.2. The number of hydrogen-bond acceptors (Lipinski definition) is 5. The van der Waals surface area contributed by atoms with Crippen LogP contribution in [0.25, 0.3) is 11.5 Å². The summed E-state index contributed by atoms with van der Waals surface area (Å²) in [7, 11) is 0. The third-order valence-corrected chi connectivity index (χ3v) is 4.27. The number of nitrogens with two attached hydrogens (primary N) is 1. The van der Waals surface area contributed by atoms with Gasteiger partial charge in [0.25, 0.3) is 0 Å². The Morgan fingerprint density at radius 2 is 2.09 bits per heavy atom. The lowest BCUT2D eigenvalue weighted by Crippen LogP contribution is -2.29. The van der Waals surface area contributed by atoms with E-state index in [1.165, 1.54) is 5.56 Å². The smallest absolute Gasteiger partial charge is 0.247 e. The van der Waals surface area contributed by atoms with Crippen molar-refractivity contribution in [1.29, 1.82) is 0 Å². The van der Waals surface area contributed by atoms with Gasteiger partial charge in [0.1, 0.15) is 0 Å². The summed E-state index contributed by atoms with van der Waals surface area (Å²) in [4.78, 5) is 13.4. The van der Waals surface area contributed by atoms with Gasteiger partial charge in [-0.2, -0.15) is 0 Å². The Bertz CT molecular complexity index is 665. The Morgan fingerprint density at radius 3 is 2.73 bits per heavy atom. The van der Waals surface area contributed by atoms with E-state index in [1.807, 2.05) is 38.1 Å². The minimum absolute atomic E-state index is 0.0175. The van der Waals surface area contributed by atoms with Gasteiger partial charge in [0, 0.05) is 12.1 Å². The first-order valence-corrected chi connectivity index (χ1v) is 7.48. The molecule has 0 aliphatic carbocycles. The summed E-state index contributed by atoms with van der Waals surface area (Å²) in [6, 6.07) is 7.95. The van der Waals surface area contributed by atoms with Crippen LogP contribution in [0.3, 0.4) is 0 Å². The Morgan fingerprint density at radius 1 is 1.36 bits per heavy atom. The van der Waals surface area contributed by atoms with Crippen LogP contribution in [0.2, 0.25) is 0 Å². The van der Waals surface area contributed by atoms with E-state index in [2.05, 4.69) is 15.1 Å². The Kier molecular flexibility index (Phi) is 3.94. The lowest BCUT2D eigenvalue weighted by Gasteiger charge is -2.20. The molecule has 0 bridgehead atoms. The Labute approximate surface area is 129 Å². The predicted octanol–water partition coefficient (Wildman–Crippen LogP) is 1.91. The lowest BCUT2D eigenvalue weighted by molar-refractivity contribution is -0.121. The van der Waals surface area contributed by atoms with Crippen LogP contribution in [0.1, 0.15) is 30.8 Å². The van der Waals surface area contributed by atoms with Gasteiger partial charge in [-0.3, -0.25) is 9.69 Å². The molecule has 1 fully saturated rings. The number of carbonyl (C=O) groups excluding carboxylic acids is 1. The second-order valence-corrected chi connectivity index (χ2v) is 5.87. The Balaban J connectivity index is 1.73. The van der Waals surface area contributed by atoms with Gasteiger partial charge >= 0.3 is 0 Å². The van der Waals surface area contributed by atoms with Gasteiger partial charge in [0.2, 0.25) is 17.7 Å². The lowest BCUT2D eigenvalue weighted by atomic mass is 10.1. The molecule has 2 heterocycles. The first-order chi connectivity index (χ1) is 10.5. The van der Waals surface area contributed by atoms with Gasteiger partial charge in [0.05, 0.1) is 12.0 Å². The van der Waals surface area contributed by atoms with Crippen molar-refractivity contribution < 1.29 is 9.21 Å². The average molecular weight is 300 g/mol. The van der Waals surface area contributed by atoms with Gasteiger partial charge in [0.15, 0.2) is 0 Å². The molecule has 1 aliphatic rings. The number of nitrogens with zero attached hydrogens (tertiary/aromatic N) is 3. The molecule has 22 heavy (non-hydrogen) atoms. The fourth-order valence-electron chi connectivity index (χ4n) is 2.74. The number of aryl methyl sites for hydroxylation is 1. The van der Waals surface area contributed by atoms with Crippen LogP contribution in [-0.2, 0) is 4.79 Å². The average Bonchev–Trinajstić information content (AvgIpc) is 3.17. The summed E-state index contributed by atoms with van der Waals surface area (Å²) in [6.45, 7) is 5.51. The summed E-state index contributed by atoms with van der Waals surface area (Å²) in [5, 5.41) is 8.28. The minimum atomic E-state index is -0.236. The molecule has 0 radical (unpaired) electrons. The van der Waals surface area contributed by atoms with E-state index in [9.17, 15) is 4.79 Å². The molecular formula is C16H20N4O2. The third-order valence-electron chi connectivity index (χ3n) is 4.27. The van der Waals surface area contributed by atoms with E-state index >= 15 is 0 Å². The van der Waals surface area contributed by atoms with Crippen molar-refractivity contribution in [1.82, 2.24) is 15.1 Å². The summed E-state index contributed by atoms with van der Waals surface area (Å²) in [5.41, 5.74) is 7.47. The van der Waals surface area contributed by atoms with E-state index < -0.39 is 0 Å². The first-order valence-electron chi connectivity index (χ1n) is 7.48. The molecule has 6 heteroatoms. The number of likely N-dealkylation sites (tertiary alicyclic amines) is 1. The SMILES string of the molecule is Cc1ccc(-c2nnc([C@@H](C)N3CC[C@H](C(N)=O)C3)o2)cc1. The highest BCUT2D eigenvalue weighted by atomic mass is 16.4. The summed E-state index contributed by atoms with van der Waals surface area (Å²) in [5.74, 6) is 0.774. The second kappa shape index (κ2) is 5.88. The zero-order valence-electron chi connectivity index (χ0n) is 12.8. The maximum atomic E-state index is 11.3. The predicted molar refractivity (Wildman–Crippen MR) is 81.8 cm³/mol. The number of primary amides is 1. The monoisotopic (exact) mass is 300 g/mol. The van der Waals surface area contributed by atoms with Crippen molar-refractivity contribution in [3.63, 3.8) is 0 Å². The highest BCUT2D eigenvalue weighted by Gasteiger charge is 2.32. The van der Waals surface area contributed by atoms with E-state index in [4.69, 9.17) is 10.2 Å². The molecular weight excluding hydrogens is 280 g/mol. The van der Waals surface area contributed by atoms with E-state index in [1.54, 1.807) is 0 Å². The maximum Gasteiger partial charge on any atom is 0.247 e. The van der Waals surface area contributed by atoms with Crippen LogP contribution in [0.15, 0.2) is 28.7 Å².